The molecular formula is C21H29N5O2S. The van der Waals surface area contributed by atoms with Crippen molar-refractivity contribution in [3.05, 3.63) is 16.3 Å². The highest BCUT2D eigenvalue weighted by atomic mass is 32.1. The average Bonchev–Trinajstić information content (AvgIpc) is 3.12. The highest BCUT2D eigenvalue weighted by Gasteiger charge is 2.29. The minimum atomic E-state index is -0.194. The summed E-state index contributed by atoms with van der Waals surface area (Å²) < 4.78 is 5.48. The molecule has 2 fully saturated rings. The van der Waals surface area contributed by atoms with E-state index < -0.39 is 0 Å². The van der Waals surface area contributed by atoms with E-state index in [4.69, 9.17) is 20.4 Å². The van der Waals surface area contributed by atoms with E-state index in [9.17, 15) is 4.79 Å². The monoisotopic (exact) mass is 415 g/mol. The number of aryl methyl sites for hydroxylation is 2. The van der Waals surface area contributed by atoms with Crippen molar-refractivity contribution in [1.29, 1.82) is 0 Å². The smallest absolute Gasteiger partial charge is 0.222 e. The van der Waals surface area contributed by atoms with E-state index in [1.54, 1.807) is 0 Å². The van der Waals surface area contributed by atoms with Crippen LogP contribution < -0.4 is 10.6 Å². The lowest BCUT2D eigenvalue weighted by molar-refractivity contribution is -0.122. The SMILES string of the molecule is NC(=O)C1CCCN(c2nc(CN3CCOCC3)nc3sc4c(c23)CCCC4)C1. The number of nitrogens with zero attached hydrogens (tertiary/aromatic N) is 4. The molecule has 1 unspecified atom stereocenters. The van der Waals surface area contributed by atoms with Crippen molar-refractivity contribution in [1.82, 2.24) is 14.9 Å². The van der Waals surface area contributed by atoms with Crippen LogP contribution in [-0.4, -0.2) is 60.2 Å². The van der Waals surface area contributed by atoms with Crippen molar-refractivity contribution in [3.8, 4) is 0 Å². The average molecular weight is 416 g/mol. The predicted molar refractivity (Wildman–Crippen MR) is 114 cm³/mol. The molecule has 0 spiro atoms. The highest BCUT2D eigenvalue weighted by molar-refractivity contribution is 7.19. The Morgan fingerprint density at radius 1 is 1.14 bits per heavy atom. The molecule has 8 heteroatoms. The number of amides is 1. The number of carbonyl (C=O) groups is 1. The van der Waals surface area contributed by atoms with Gasteiger partial charge in [0.15, 0.2) is 0 Å². The summed E-state index contributed by atoms with van der Waals surface area (Å²) in [6.07, 6.45) is 6.61. The van der Waals surface area contributed by atoms with Gasteiger partial charge >= 0.3 is 0 Å². The van der Waals surface area contributed by atoms with Crippen LogP contribution in [0.15, 0.2) is 0 Å². The van der Waals surface area contributed by atoms with Crippen LogP contribution in [0.4, 0.5) is 5.82 Å². The summed E-state index contributed by atoms with van der Waals surface area (Å²) in [6, 6.07) is 0. The lowest BCUT2D eigenvalue weighted by Crippen LogP contribution is -2.42. The van der Waals surface area contributed by atoms with Crippen molar-refractivity contribution in [2.75, 3.05) is 44.3 Å². The van der Waals surface area contributed by atoms with Gasteiger partial charge in [-0.3, -0.25) is 9.69 Å². The van der Waals surface area contributed by atoms with Crippen LogP contribution in [0.2, 0.25) is 0 Å². The lowest BCUT2D eigenvalue weighted by atomic mass is 9.95. The summed E-state index contributed by atoms with van der Waals surface area (Å²) >= 11 is 1.85. The number of ether oxygens (including phenoxy) is 1. The fourth-order valence-corrected chi connectivity index (χ4v) is 6.12. The Labute approximate surface area is 175 Å². The number of anilines is 1. The molecule has 2 aromatic rings. The maximum atomic E-state index is 11.9. The zero-order valence-electron chi connectivity index (χ0n) is 16.9. The first-order valence-corrected chi connectivity index (χ1v) is 11.7. The normalized spacial score (nSPS) is 23.3. The third-order valence-electron chi connectivity index (χ3n) is 6.43. The number of thiophene rings is 1. The topological polar surface area (TPSA) is 84.6 Å². The number of primary amides is 1. The van der Waals surface area contributed by atoms with Gasteiger partial charge in [-0.25, -0.2) is 9.97 Å². The number of hydrogen-bond donors (Lipinski definition) is 1. The number of hydrogen-bond acceptors (Lipinski definition) is 7. The van der Waals surface area contributed by atoms with Gasteiger partial charge in [-0.05, 0) is 44.1 Å². The van der Waals surface area contributed by atoms with Crippen LogP contribution in [0, 0.1) is 5.92 Å². The molecule has 3 aliphatic rings. The van der Waals surface area contributed by atoms with Crippen LogP contribution in [0.25, 0.3) is 10.2 Å². The molecular weight excluding hydrogens is 386 g/mol. The molecule has 1 atom stereocenters. The molecule has 0 saturated carbocycles. The van der Waals surface area contributed by atoms with Gasteiger partial charge in [-0.15, -0.1) is 11.3 Å². The van der Waals surface area contributed by atoms with Gasteiger partial charge in [-0.2, -0.15) is 0 Å². The third-order valence-corrected chi connectivity index (χ3v) is 7.62. The molecule has 5 rings (SSSR count). The molecule has 2 saturated heterocycles. The van der Waals surface area contributed by atoms with E-state index in [1.807, 2.05) is 11.3 Å². The van der Waals surface area contributed by atoms with Crippen LogP contribution in [0.1, 0.15) is 41.9 Å². The van der Waals surface area contributed by atoms with E-state index in [0.29, 0.717) is 6.54 Å². The Bertz CT molecular complexity index is 908. The van der Waals surface area contributed by atoms with E-state index in [2.05, 4.69) is 9.80 Å². The zero-order valence-corrected chi connectivity index (χ0v) is 17.7. The zero-order chi connectivity index (χ0) is 19.8. The van der Waals surface area contributed by atoms with Gasteiger partial charge < -0.3 is 15.4 Å². The largest absolute Gasteiger partial charge is 0.379 e. The van der Waals surface area contributed by atoms with E-state index in [1.165, 1.54) is 28.7 Å². The fourth-order valence-electron chi connectivity index (χ4n) is 4.84. The number of rotatable bonds is 4. The van der Waals surface area contributed by atoms with Crippen molar-refractivity contribution < 1.29 is 9.53 Å². The van der Waals surface area contributed by atoms with Gasteiger partial charge in [0.1, 0.15) is 16.5 Å². The van der Waals surface area contributed by atoms with Gasteiger partial charge in [0.05, 0.1) is 31.1 Å². The Hall–Kier alpha value is -1.77. The number of morpholine rings is 1. The molecule has 1 amide bonds. The number of fused-ring (bicyclic) bond motifs is 3. The van der Waals surface area contributed by atoms with Crippen molar-refractivity contribution in [3.63, 3.8) is 0 Å². The Balaban J connectivity index is 1.55. The van der Waals surface area contributed by atoms with Crippen LogP contribution >= 0.6 is 11.3 Å². The van der Waals surface area contributed by atoms with Crippen molar-refractivity contribution >= 4 is 33.3 Å². The second-order valence-electron chi connectivity index (χ2n) is 8.43. The minimum Gasteiger partial charge on any atom is -0.379 e. The molecule has 4 heterocycles. The molecule has 156 valence electrons. The van der Waals surface area contributed by atoms with Crippen molar-refractivity contribution in [2.24, 2.45) is 11.7 Å². The third kappa shape index (κ3) is 3.85. The molecule has 1 aliphatic carbocycles. The number of aromatic nitrogens is 2. The van der Waals surface area contributed by atoms with Gasteiger partial charge in [0, 0.05) is 31.1 Å². The van der Waals surface area contributed by atoms with Crippen LogP contribution in [0.3, 0.4) is 0 Å². The molecule has 0 bridgehead atoms. The van der Waals surface area contributed by atoms with E-state index >= 15 is 0 Å². The van der Waals surface area contributed by atoms with E-state index in [0.717, 1.165) is 81.5 Å². The molecule has 0 aromatic carbocycles. The summed E-state index contributed by atoms with van der Waals surface area (Å²) in [5, 5.41) is 1.24. The lowest BCUT2D eigenvalue weighted by Gasteiger charge is -2.33. The first kappa shape index (κ1) is 19.2. The first-order chi connectivity index (χ1) is 14.2. The predicted octanol–water partition coefficient (Wildman–Crippen LogP) is 2.10. The van der Waals surface area contributed by atoms with Gasteiger partial charge in [0.2, 0.25) is 5.91 Å². The van der Waals surface area contributed by atoms with E-state index in [-0.39, 0.29) is 11.8 Å². The van der Waals surface area contributed by atoms with Crippen LogP contribution in [0.5, 0.6) is 0 Å². The molecule has 2 aliphatic heterocycles. The Kier molecular flexibility index (Phi) is 5.41. The molecule has 2 N–H and O–H groups in total. The summed E-state index contributed by atoms with van der Waals surface area (Å²) in [5.74, 6) is 1.63. The second kappa shape index (κ2) is 8.16. The number of carbonyl (C=O) groups excluding carboxylic acids is 1. The number of piperidine rings is 1. The summed E-state index contributed by atoms with van der Waals surface area (Å²) in [7, 11) is 0. The quantitative estimate of drug-likeness (QED) is 0.823. The summed E-state index contributed by atoms with van der Waals surface area (Å²) in [6.45, 7) is 5.74. The number of nitrogens with two attached hydrogens (primary N) is 1. The minimum absolute atomic E-state index is 0.0917. The Morgan fingerprint density at radius 3 is 2.79 bits per heavy atom. The molecule has 29 heavy (non-hydrogen) atoms. The fraction of sp³-hybridized carbons (Fsp3) is 0.667. The molecule has 0 radical (unpaired) electrons. The second-order valence-corrected chi connectivity index (χ2v) is 9.51. The highest BCUT2D eigenvalue weighted by Crippen LogP contribution is 2.40. The Morgan fingerprint density at radius 2 is 1.97 bits per heavy atom. The van der Waals surface area contributed by atoms with Gasteiger partial charge in [0.25, 0.3) is 0 Å². The maximum Gasteiger partial charge on any atom is 0.222 e. The summed E-state index contributed by atoms with van der Waals surface area (Å²) in [4.78, 5) is 29.2. The first-order valence-electron chi connectivity index (χ1n) is 10.8. The molecule has 2 aromatic heterocycles. The summed E-state index contributed by atoms with van der Waals surface area (Å²) in [5.41, 5.74) is 7.10. The maximum absolute atomic E-state index is 11.9. The van der Waals surface area contributed by atoms with Crippen LogP contribution in [-0.2, 0) is 28.9 Å². The standard InChI is InChI=1S/C21H29N5O2S/c22-19(27)14-4-3-7-26(12-14)20-18-15-5-1-2-6-16(15)29-21(18)24-17(23-20)13-25-8-10-28-11-9-25/h14H,1-13H2,(H2,22,27). The van der Waals surface area contributed by atoms with Gasteiger partial charge in [-0.1, -0.05) is 0 Å². The molecule has 7 nitrogen and oxygen atoms in total. The van der Waals surface area contributed by atoms with Crippen molar-refractivity contribution in [2.45, 2.75) is 45.1 Å².